The van der Waals surface area contributed by atoms with Gasteiger partial charge < -0.3 is 10.1 Å². The lowest BCUT2D eigenvalue weighted by Gasteiger charge is -2.12. The highest BCUT2D eigenvalue weighted by molar-refractivity contribution is 7.81. The lowest BCUT2D eigenvalue weighted by molar-refractivity contribution is -0.148. The standard InChI is InChI=1S/C12H15NO3S/c1-9(13-11(14)8-17)12(15)16-7-10-5-3-2-4-6-10/h2-6,9,17H,7-8H2,1H3,(H,13,14)/t9-/m0/s1. The summed E-state index contributed by atoms with van der Waals surface area (Å²) < 4.78 is 5.06. The summed E-state index contributed by atoms with van der Waals surface area (Å²) in [5.41, 5.74) is 0.911. The second-order valence-corrected chi connectivity index (χ2v) is 3.86. The maximum Gasteiger partial charge on any atom is 0.328 e. The van der Waals surface area contributed by atoms with Crippen molar-refractivity contribution in [2.75, 3.05) is 5.75 Å². The lowest BCUT2D eigenvalue weighted by atomic mass is 10.2. The van der Waals surface area contributed by atoms with Crippen LogP contribution in [0.3, 0.4) is 0 Å². The molecule has 1 aromatic carbocycles. The van der Waals surface area contributed by atoms with E-state index in [4.69, 9.17) is 4.74 Å². The van der Waals surface area contributed by atoms with E-state index in [2.05, 4.69) is 17.9 Å². The fourth-order valence-corrected chi connectivity index (χ4v) is 1.29. The number of esters is 1. The number of carbonyl (C=O) groups excluding carboxylic acids is 2. The third-order valence-electron chi connectivity index (χ3n) is 2.10. The Hall–Kier alpha value is -1.49. The van der Waals surface area contributed by atoms with Gasteiger partial charge in [0.1, 0.15) is 12.6 Å². The number of carbonyl (C=O) groups is 2. The number of ether oxygens (including phenoxy) is 1. The van der Waals surface area contributed by atoms with Crippen molar-refractivity contribution in [3.05, 3.63) is 35.9 Å². The van der Waals surface area contributed by atoms with Crippen LogP contribution in [0.4, 0.5) is 0 Å². The zero-order valence-corrected chi connectivity index (χ0v) is 10.4. The van der Waals surface area contributed by atoms with Crippen molar-refractivity contribution in [2.24, 2.45) is 0 Å². The molecule has 0 heterocycles. The van der Waals surface area contributed by atoms with E-state index in [1.54, 1.807) is 6.92 Å². The SMILES string of the molecule is C[C@H](NC(=O)CS)C(=O)OCc1ccccc1. The largest absolute Gasteiger partial charge is 0.459 e. The van der Waals surface area contributed by atoms with Crippen molar-refractivity contribution in [2.45, 2.75) is 19.6 Å². The Morgan fingerprint density at radius 2 is 2.00 bits per heavy atom. The predicted molar refractivity (Wildman–Crippen MR) is 67.7 cm³/mol. The van der Waals surface area contributed by atoms with Crippen LogP contribution in [0, 0.1) is 0 Å². The van der Waals surface area contributed by atoms with Crippen molar-refractivity contribution in [1.29, 1.82) is 0 Å². The van der Waals surface area contributed by atoms with Crippen LogP contribution in [0.25, 0.3) is 0 Å². The molecule has 0 aliphatic carbocycles. The molecule has 0 aromatic heterocycles. The molecule has 4 nitrogen and oxygen atoms in total. The molecule has 0 saturated heterocycles. The lowest BCUT2D eigenvalue weighted by Crippen LogP contribution is -2.40. The summed E-state index contributed by atoms with van der Waals surface area (Å²) in [5.74, 6) is -0.697. The van der Waals surface area contributed by atoms with Gasteiger partial charge in [0.15, 0.2) is 0 Å². The third kappa shape index (κ3) is 4.91. The first-order valence-electron chi connectivity index (χ1n) is 5.24. The van der Waals surface area contributed by atoms with E-state index in [1.807, 2.05) is 30.3 Å². The minimum atomic E-state index is -0.654. The molecule has 0 bridgehead atoms. The van der Waals surface area contributed by atoms with Gasteiger partial charge in [-0.3, -0.25) is 4.79 Å². The van der Waals surface area contributed by atoms with E-state index in [1.165, 1.54) is 0 Å². The summed E-state index contributed by atoms with van der Waals surface area (Å²) in [4.78, 5) is 22.5. The Balaban J connectivity index is 2.37. The molecule has 5 heteroatoms. The number of hydrogen-bond acceptors (Lipinski definition) is 4. The number of thiol groups is 1. The second-order valence-electron chi connectivity index (χ2n) is 3.54. The number of nitrogens with one attached hydrogen (secondary N) is 1. The zero-order chi connectivity index (χ0) is 12.7. The van der Waals surface area contributed by atoms with Crippen LogP contribution >= 0.6 is 12.6 Å². The Morgan fingerprint density at radius 3 is 2.59 bits per heavy atom. The second kappa shape index (κ2) is 6.96. The molecule has 1 atom stereocenters. The molecule has 17 heavy (non-hydrogen) atoms. The van der Waals surface area contributed by atoms with E-state index < -0.39 is 12.0 Å². The topological polar surface area (TPSA) is 55.4 Å². The van der Waals surface area contributed by atoms with Gasteiger partial charge in [-0.1, -0.05) is 30.3 Å². The molecule has 1 aromatic rings. The molecule has 1 rings (SSSR count). The molecule has 1 N–H and O–H groups in total. The summed E-state index contributed by atoms with van der Waals surface area (Å²) in [6.45, 7) is 1.79. The maximum absolute atomic E-state index is 11.5. The van der Waals surface area contributed by atoms with Crippen LogP contribution in [0.15, 0.2) is 30.3 Å². The Labute approximate surface area is 106 Å². The summed E-state index contributed by atoms with van der Waals surface area (Å²) in [6.07, 6.45) is 0. The van der Waals surface area contributed by atoms with Gasteiger partial charge in [-0.05, 0) is 12.5 Å². The van der Waals surface area contributed by atoms with Crippen molar-refractivity contribution in [1.82, 2.24) is 5.32 Å². The van der Waals surface area contributed by atoms with Crippen LogP contribution in [0.5, 0.6) is 0 Å². The van der Waals surface area contributed by atoms with Gasteiger partial charge in [0, 0.05) is 0 Å². The van der Waals surface area contributed by atoms with Gasteiger partial charge in [-0.25, -0.2) is 4.79 Å². The van der Waals surface area contributed by atoms with E-state index in [0.29, 0.717) is 0 Å². The zero-order valence-electron chi connectivity index (χ0n) is 9.55. The summed E-state index contributed by atoms with van der Waals surface area (Å²) >= 11 is 3.80. The predicted octanol–water partition coefficient (Wildman–Crippen LogP) is 1.16. The highest BCUT2D eigenvalue weighted by atomic mass is 32.1. The van der Waals surface area contributed by atoms with E-state index in [-0.39, 0.29) is 18.3 Å². The van der Waals surface area contributed by atoms with Gasteiger partial charge >= 0.3 is 5.97 Å². The minimum absolute atomic E-state index is 0.0519. The van der Waals surface area contributed by atoms with Crippen LogP contribution in [-0.4, -0.2) is 23.7 Å². The van der Waals surface area contributed by atoms with Crippen molar-refractivity contribution in [3.8, 4) is 0 Å². The molecule has 1 amide bonds. The first-order chi connectivity index (χ1) is 8.13. The molecule has 0 aliphatic rings. The normalized spacial score (nSPS) is 11.6. The maximum atomic E-state index is 11.5. The molecule has 0 radical (unpaired) electrons. The quantitative estimate of drug-likeness (QED) is 0.611. The molecule has 0 spiro atoms. The fraction of sp³-hybridized carbons (Fsp3) is 0.333. The van der Waals surface area contributed by atoms with Gasteiger partial charge in [0.2, 0.25) is 5.91 Å². The van der Waals surface area contributed by atoms with E-state index >= 15 is 0 Å². The monoisotopic (exact) mass is 253 g/mol. The third-order valence-corrected chi connectivity index (χ3v) is 2.39. The van der Waals surface area contributed by atoms with Crippen LogP contribution in [0.2, 0.25) is 0 Å². The number of benzene rings is 1. The van der Waals surface area contributed by atoms with E-state index in [9.17, 15) is 9.59 Å². The summed E-state index contributed by atoms with van der Waals surface area (Å²) in [7, 11) is 0. The highest BCUT2D eigenvalue weighted by Gasteiger charge is 2.16. The Bertz CT molecular complexity index is 381. The smallest absolute Gasteiger partial charge is 0.328 e. The van der Waals surface area contributed by atoms with Crippen LogP contribution in [0.1, 0.15) is 12.5 Å². The van der Waals surface area contributed by atoms with Crippen molar-refractivity contribution in [3.63, 3.8) is 0 Å². The molecule has 0 aliphatic heterocycles. The van der Waals surface area contributed by atoms with Gasteiger partial charge in [-0.2, -0.15) is 12.6 Å². The summed E-state index contributed by atoms with van der Waals surface area (Å²) in [6, 6.07) is 8.71. The number of amides is 1. The fourth-order valence-electron chi connectivity index (χ4n) is 1.20. The molecule has 0 unspecified atom stereocenters. The van der Waals surface area contributed by atoms with Gasteiger partial charge in [-0.15, -0.1) is 0 Å². The average Bonchev–Trinajstić information content (AvgIpc) is 2.36. The van der Waals surface area contributed by atoms with Crippen molar-refractivity contribution < 1.29 is 14.3 Å². The molecular weight excluding hydrogens is 238 g/mol. The Kier molecular flexibility index (Phi) is 5.56. The number of rotatable bonds is 5. The van der Waals surface area contributed by atoms with Crippen LogP contribution < -0.4 is 5.32 Å². The summed E-state index contributed by atoms with van der Waals surface area (Å²) in [5, 5.41) is 2.48. The Morgan fingerprint density at radius 1 is 1.35 bits per heavy atom. The molecular formula is C12H15NO3S. The molecule has 92 valence electrons. The number of hydrogen-bond donors (Lipinski definition) is 2. The first-order valence-corrected chi connectivity index (χ1v) is 5.87. The first kappa shape index (κ1) is 13.6. The average molecular weight is 253 g/mol. The minimum Gasteiger partial charge on any atom is -0.459 e. The van der Waals surface area contributed by atoms with Crippen molar-refractivity contribution >= 4 is 24.5 Å². The molecule has 0 fully saturated rings. The van der Waals surface area contributed by atoms with E-state index in [0.717, 1.165) is 5.56 Å². The van der Waals surface area contributed by atoms with Gasteiger partial charge in [0.25, 0.3) is 0 Å². The van der Waals surface area contributed by atoms with Crippen LogP contribution in [-0.2, 0) is 20.9 Å². The van der Waals surface area contributed by atoms with Gasteiger partial charge in [0.05, 0.1) is 5.75 Å². The molecule has 0 saturated carbocycles. The highest BCUT2D eigenvalue weighted by Crippen LogP contribution is 2.01.